The van der Waals surface area contributed by atoms with Gasteiger partial charge in [0.05, 0.1) is 0 Å². The SMILES string of the molecule is CCc1ccccc1B(O)c1ccccc1. The number of hydrogen-bond acceptors (Lipinski definition) is 1. The first kappa shape index (κ1) is 11.0. The van der Waals surface area contributed by atoms with Crippen LogP contribution in [-0.2, 0) is 6.42 Å². The average Bonchev–Trinajstić information content (AvgIpc) is 2.39. The van der Waals surface area contributed by atoms with Crippen LogP contribution >= 0.6 is 0 Å². The summed E-state index contributed by atoms with van der Waals surface area (Å²) >= 11 is 0. The Morgan fingerprint density at radius 3 is 2.25 bits per heavy atom. The molecule has 1 nitrogen and oxygen atoms in total. The highest BCUT2D eigenvalue weighted by Crippen LogP contribution is 1.99. The third-order valence-electron chi connectivity index (χ3n) is 2.85. The van der Waals surface area contributed by atoms with E-state index < -0.39 is 6.92 Å². The second kappa shape index (κ2) is 5.00. The van der Waals surface area contributed by atoms with Crippen LogP contribution in [0.3, 0.4) is 0 Å². The summed E-state index contributed by atoms with van der Waals surface area (Å²) in [5, 5.41) is 10.3. The fraction of sp³-hybridized carbons (Fsp3) is 0.143. The predicted octanol–water partition coefficient (Wildman–Crippen LogP) is 1.35. The van der Waals surface area contributed by atoms with Crippen LogP contribution in [0.2, 0.25) is 0 Å². The fourth-order valence-corrected chi connectivity index (χ4v) is 1.94. The molecule has 2 aromatic carbocycles. The Kier molecular flexibility index (Phi) is 3.42. The standard InChI is InChI=1S/C14H15BO/c1-2-12-8-6-7-11-14(12)15(16)13-9-4-3-5-10-13/h3-11,16H,2H2,1H3. The van der Waals surface area contributed by atoms with E-state index in [-0.39, 0.29) is 0 Å². The first-order valence-corrected chi connectivity index (χ1v) is 5.63. The largest absolute Gasteiger partial charge is 0.443 e. The van der Waals surface area contributed by atoms with E-state index >= 15 is 0 Å². The number of aryl methyl sites for hydroxylation is 1. The molecule has 0 bridgehead atoms. The van der Waals surface area contributed by atoms with Gasteiger partial charge in [0, 0.05) is 0 Å². The molecule has 0 unspecified atom stereocenters. The van der Waals surface area contributed by atoms with Gasteiger partial charge in [0.15, 0.2) is 0 Å². The molecular weight excluding hydrogens is 195 g/mol. The number of benzene rings is 2. The zero-order valence-electron chi connectivity index (χ0n) is 9.43. The second-order valence-electron chi connectivity index (χ2n) is 3.87. The molecule has 0 radical (unpaired) electrons. The summed E-state index contributed by atoms with van der Waals surface area (Å²) in [4.78, 5) is 0. The van der Waals surface area contributed by atoms with E-state index in [1.165, 1.54) is 5.56 Å². The Labute approximate surface area is 96.9 Å². The third-order valence-corrected chi connectivity index (χ3v) is 2.85. The molecule has 80 valence electrons. The molecule has 2 rings (SSSR count). The van der Waals surface area contributed by atoms with Gasteiger partial charge in [-0.25, -0.2) is 0 Å². The molecule has 0 aliphatic carbocycles. The van der Waals surface area contributed by atoms with E-state index in [1.807, 2.05) is 48.5 Å². The number of hydrogen-bond donors (Lipinski definition) is 1. The van der Waals surface area contributed by atoms with Gasteiger partial charge < -0.3 is 5.02 Å². The summed E-state index contributed by atoms with van der Waals surface area (Å²) in [6.45, 7) is 1.59. The number of rotatable bonds is 3. The lowest BCUT2D eigenvalue weighted by atomic mass is 9.54. The molecular formula is C14H15BO. The molecule has 0 saturated carbocycles. The van der Waals surface area contributed by atoms with Crippen LogP contribution in [0.25, 0.3) is 0 Å². The Bertz CT molecular complexity index is 453. The zero-order valence-corrected chi connectivity index (χ0v) is 9.43. The zero-order chi connectivity index (χ0) is 11.4. The monoisotopic (exact) mass is 210 g/mol. The molecule has 2 heteroatoms. The van der Waals surface area contributed by atoms with Crippen LogP contribution in [0.5, 0.6) is 0 Å². The Morgan fingerprint density at radius 1 is 0.938 bits per heavy atom. The minimum absolute atomic E-state index is 0.516. The Morgan fingerprint density at radius 2 is 1.56 bits per heavy atom. The van der Waals surface area contributed by atoms with Crippen molar-refractivity contribution in [1.29, 1.82) is 0 Å². The van der Waals surface area contributed by atoms with Gasteiger partial charge in [0.2, 0.25) is 0 Å². The Hall–Kier alpha value is -1.54. The molecule has 0 fully saturated rings. The Balaban J connectivity index is 2.37. The quantitative estimate of drug-likeness (QED) is 0.758. The van der Waals surface area contributed by atoms with Crippen LogP contribution in [0.1, 0.15) is 12.5 Å². The van der Waals surface area contributed by atoms with Crippen molar-refractivity contribution in [2.75, 3.05) is 0 Å². The lowest BCUT2D eigenvalue weighted by Gasteiger charge is -2.11. The lowest BCUT2D eigenvalue weighted by molar-refractivity contribution is 0.600. The highest BCUT2D eigenvalue weighted by atomic mass is 16.2. The molecule has 0 spiro atoms. The van der Waals surface area contributed by atoms with Crippen LogP contribution in [-0.4, -0.2) is 11.9 Å². The maximum atomic E-state index is 10.3. The van der Waals surface area contributed by atoms with Gasteiger partial charge in [-0.1, -0.05) is 67.1 Å². The molecule has 16 heavy (non-hydrogen) atoms. The van der Waals surface area contributed by atoms with Crippen LogP contribution in [0.15, 0.2) is 54.6 Å². The molecule has 0 atom stereocenters. The van der Waals surface area contributed by atoms with E-state index in [9.17, 15) is 5.02 Å². The van der Waals surface area contributed by atoms with E-state index in [4.69, 9.17) is 0 Å². The summed E-state index contributed by atoms with van der Waals surface area (Å²) < 4.78 is 0. The second-order valence-corrected chi connectivity index (χ2v) is 3.87. The van der Waals surface area contributed by atoms with Crippen LogP contribution in [0.4, 0.5) is 0 Å². The third kappa shape index (κ3) is 2.17. The maximum Gasteiger partial charge on any atom is 0.359 e. The van der Waals surface area contributed by atoms with Crippen molar-refractivity contribution in [1.82, 2.24) is 0 Å². The van der Waals surface area contributed by atoms with E-state index in [2.05, 4.69) is 13.0 Å². The maximum absolute atomic E-state index is 10.3. The van der Waals surface area contributed by atoms with Crippen molar-refractivity contribution in [2.24, 2.45) is 0 Å². The molecule has 0 heterocycles. The topological polar surface area (TPSA) is 20.2 Å². The minimum Gasteiger partial charge on any atom is -0.443 e. The molecule has 2 aromatic rings. The molecule has 1 N–H and O–H groups in total. The lowest BCUT2D eigenvalue weighted by Crippen LogP contribution is -2.43. The predicted molar refractivity (Wildman–Crippen MR) is 69.5 cm³/mol. The molecule has 0 aliphatic rings. The van der Waals surface area contributed by atoms with E-state index in [0.29, 0.717) is 0 Å². The highest BCUT2D eigenvalue weighted by Gasteiger charge is 2.18. The van der Waals surface area contributed by atoms with Crippen molar-refractivity contribution < 1.29 is 5.02 Å². The smallest absolute Gasteiger partial charge is 0.359 e. The normalized spacial score (nSPS) is 10.1. The minimum atomic E-state index is -0.516. The summed E-state index contributed by atoms with van der Waals surface area (Å²) in [5.74, 6) is 0. The van der Waals surface area contributed by atoms with Crippen molar-refractivity contribution in [3.8, 4) is 0 Å². The van der Waals surface area contributed by atoms with Crippen molar-refractivity contribution in [2.45, 2.75) is 13.3 Å². The van der Waals surface area contributed by atoms with Crippen LogP contribution in [0, 0.1) is 0 Å². The van der Waals surface area contributed by atoms with Gasteiger partial charge in [-0.05, 0) is 17.3 Å². The highest BCUT2D eigenvalue weighted by molar-refractivity contribution is 6.79. The molecule has 0 aliphatic heterocycles. The fourth-order valence-electron chi connectivity index (χ4n) is 1.94. The molecule has 0 saturated heterocycles. The van der Waals surface area contributed by atoms with E-state index in [0.717, 1.165) is 17.3 Å². The summed E-state index contributed by atoms with van der Waals surface area (Å²) in [6, 6.07) is 17.8. The van der Waals surface area contributed by atoms with Gasteiger partial charge in [0.1, 0.15) is 0 Å². The first-order valence-electron chi connectivity index (χ1n) is 5.63. The summed E-state index contributed by atoms with van der Waals surface area (Å²) in [7, 11) is 0. The summed E-state index contributed by atoms with van der Waals surface area (Å²) in [5.41, 5.74) is 3.17. The summed E-state index contributed by atoms with van der Waals surface area (Å²) in [6.07, 6.45) is 0.945. The van der Waals surface area contributed by atoms with Gasteiger partial charge in [-0.15, -0.1) is 0 Å². The average molecular weight is 210 g/mol. The van der Waals surface area contributed by atoms with Gasteiger partial charge in [0.25, 0.3) is 0 Å². The van der Waals surface area contributed by atoms with Crippen molar-refractivity contribution in [3.05, 3.63) is 60.2 Å². The molecule has 0 amide bonds. The first-order chi connectivity index (χ1) is 7.83. The van der Waals surface area contributed by atoms with Gasteiger partial charge >= 0.3 is 6.92 Å². The van der Waals surface area contributed by atoms with Crippen LogP contribution < -0.4 is 10.9 Å². The molecule has 0 aromatic heterocycles. The van der Waals surface area contributed by atoms with Gasteiger partial charge in [-0.3, -0.25) is 0 Å². The van der Waals surface area contributed by atoms with Gasteiger partial charge in [-0.2, -0.15) is 0 Å². The van der Waals surface area contributed by atoms with Crippen molar-refractivity contribution in [3.63, 3.8) is 0 Å². The van der Waals surface area contributed by atoms with Crippen molar-refractivity contribution >= 4 is 17.8 Å². The van der Waals surface area contributed by atoms with E-state index in [1.54, 1.807) is 0 Å².